The molecule has 4 N–H and O–H groups in total. The van der Waals surface area contributed by atoms with Crippen LogP contribution in [0.4, 0.5) is 5.69 Å². The van der Waals surface area contributed by atoms with Gasteiger partial charge in [0, 0.05) is 12.2 Å². The largest absolute Gasteiger partial charge is 0.508 e. The lowest BCUT2D eigenvalue weighted by atomic mass is 10.2. The molecule has 0 spiro atoms. The van der Waals surface area contributed by atoms with E-state index in [-0.39, 0.29) is 48.2 Å². The van der Waals surface area contributed by atoms with Crippen molar-refractivity contribution in [3.8, 4) is 5.75 Å². The van der Waals surface area contributed by atoms with Crippen molar-refractivity contribution >= 4 is 41.5 Å². The van der Waals surface area contributed by atoms with E-state index in [1.165, 1.54) is 12.1 Å². The summed E-state index contributed by atoms with van der Waals surface area (Å²) in [5.74, 6) is 2.08. The third-order valence-electron chi connectivity index (χ3n) is 3.42. The van der Waals surface area contributed by atoms with E-state index < -0.39 is 0 Å². The van der Waals surface area contributed by atoms with Crippen LogP contribution in [-0.4, -0.2) is 30.1 Å². The molecule has 1 aromatic heterocycles. The molecule has 1 amide bonds. The predicted octanol–water partition coefficient (Wildman–Crippen LogP) is 3.17. The second kappa shape index (κ2) is 10.7. The number of carbonyl (C=O) groups excluding carboxylic acids is 1. The number of anilines is 1. The lowest BCUT2D eigenvalue weighted by molar-refractivity contribution is -0.114. The Morgan fingerprint density at radius 2 is 1.92 bits per heavy atom. The molecule has 26 heavy (non-hydrogen) atoms. The van der Waals surface area contributed by atoms with Crippen LogP contribution in [0.5, 0.6) is 5.75 Å². The summed E-state index contributed by atoms with van der Waals surface area (Å²) in [6.45, 7) is 6.45. The zero-order chi connectivity index (χ0) is 18.2. The third-order valence-corrected chi connectivity index (χ3v) is 3.42. The summed E-state index contributed by atoms with van der Waals surface area (Å²) in [7, 11) is 0. The number of guanidine groups is 1. The van der Waals surface area contributed by atoms with Gasteiger partial charge in [-0.3, -0.25) is 4.79 Å². The van der Waals surface area contributed by atoms with Gasteiger partial charge >= 0.3 is 0 Å². The number of furan rings is 1. The van der Waals surface area contributed by atoms with Crippen LogP contribution in [0.25, 0.3) is 0 Å². The van der Waals surface area contributed by atoms with E-state index in [1.54, 1.807) is 12.1 Å². The molecule has 1 aromatic carbocycles. The van der Waals surface area contributed by atoms with Gasteiger partial charge in [-0.2, -0.15) is 0 Å². The number of halogens is 1. The van der Waals surface area contributed by atoms with Gasteiger partial charge in [-0.15, -0.1) is 24.0 Å². The number of nitrogens with one attached hydrogen (secondary N) is 3. The van der Waals surface area contributed by atoms with Crippen LogP contribution in [0.1, 0.15) is 31.4 Å². The molecule has 2 rings (SSSR count). The molecule has 0 aliphatic rings. The molecule has 0 fully saturated rings. The SMILES string of the molecule is CCNC(=NCC(=O)Nc1ccc(O)cc1)NC(C)c1ccc(C)o1.I. The minimum absolute atomic E-state index is 0. The van der Waals surface area contributed by atoms with Crippen molar-refractivity contribution < 1.29 is 14.3 Å². The third kappa shape index (κ3) is 6.95. The van der Waals surface area contributed by atoms with Gasteiger partial charge in [-0.05, 0) is 57.2 Å². The van der Waals surface area contributed by atoms with E-state index in [1.807, 2.05) is 32.9 Å². The van der Waals surface area contributed by atoms with Crippen molar-refractivity contribution in [1.82, 2.24) is 10.6 Å². The Hall–Kier alpha value is -2.23. The molecule has 0 radical (unpaired) electrons. The quantitative estimate of drug-likeness (QED) is 0.224. The van der Waals surface area contributed by atoms with Crippen LogP contribution >= 0.6 is 24.0 Å². The number of nitrogens with zero attached hydrogens (tertiary/aromatic N) is 1. The average Bonchev–Trinajstić information content (AvgIpc) is 3.01. The zero-order valence-corrected chi connectivity index (χ0v) is 17.4. The van der Waals surface area contributed by atoms with Gasteiger partial charge in [0.25, 0.3) is 0 Å². The second-order valence-electron chi connectivity index (χ2n) is 5.60. The number of hydrogen-bond acceptors (Lipinski definition) is 4. The zero-order valence-electron chi connectivity index (χ0n) is 15.1. The highest BCUT2D eigenvalue weighted by Gasteiger charge is 2.11. The molecule has 1 heterocycles. The molecule has 0 saturated carbocycles. The lowest BCUT2D eigenvalue weighted by Gasteiger charge is -2.16. The lowest BCUT2D eigenvalue weighted by Crippen LogP contribution is -2.39. The smallest absolute Gasteiger partial charge is 0.246 e. The van der Waals surface area contributed by atoms with Crippen molar-refractivity contribution in [3.63, 3.8) is 0 Å². The van der Waals surface area contributed by atoms with Crippen LogP contribution in [-0.2, 0) is 4.79 Å². The van der Waals surface area contributed by atoms with Gasteiger partial charge in [-0.25, -0.2) is 4.99 Å². The number of benzene rings is 1. The minimum Gasteiger partial charge on any atom is -0.508 e. The maximum Gasteiger partial charge on any atom is 0.246 e. The summed E-state index contributed by atoms with van der Waals surface area (Å²) in [6, 6.07) is 10.0. The molecule has 0 aliphatic heterocycles. The normalized spacial score (nSPS) is 12.0. The highest BCUT2D eigenvalue weighted by Crippen LogP contribution is 2.15. The van der Waals surface area contributed by atoms with Crippen molar-refractivity contribution in [2.45, 2.75) is 26.8 Å². The van der Waals surface area contributed by atoms with Gasteiger partial charge in [0.2, 0.25) is 5.91 Å². The van der Waals surface area contributed by atoms with E-state index in [4.69, 9.17) is 4.42 Å². The first-order chi connectivity index (χ1) is 12.0. The topological polar surface area (TPSA) is 98.9 Å². The number of aromatic hydroxyl groups is 1. The Bertz CT molecular complexity index is 728. The minimum atomic E-state index is -0.246. The summed E-state index contributed by atoms with van der Waals surface area (Å²) < 4.78 is 5.59. The second-order valence-corrected chi connectivity index (χ2v) is 5.60. The standard InChI is InChI=1S/C18H24N4O3.HI/c1-4-19-18(21-13(3)16-10-5-12(2)25-16)20-11-17(24)22-14-6-8-15(23)9-7-14;/h5-10,13,23H,4,11H2,1-3H3,(H,22,24)(H2,19,20,21);1H. The Labute approximate surface area is 170 Å². The number of phenols is 1. The van der Waals surface area contributed by atoms with E-state index in [0.29, 0.717) is 18.2 Å². The van der Waals surface area contributed by atoms with Crippen molar-refractivity contribution in [2.24, 2.45) is 4.99 Å². The molecule has 142 valence electrons. The summed E-state index contributed by atoms with van der Waals surface area (Å²) in [5.41, 5.74) is 0.607. The highest BCUT2D eigenvalue weighted by atomic mass is 127. The maximum atomic E-state index is 12.0. The number of aryl methyl sites for hydroxylation is 1. The summed E-state index contributed by atoms with van der Waals surface area (Å²) in [4.78, 5) is 16.3. The highest BCUT2D eigenvalue weighted by molar-refractivity contribution is 14.0. The molecule has 2 aromatic rings. The summed E-state index contributed by atoms with van der Waals surface area (Å²) in [5, 5.41) is 18.3. The fraction of sp³-hybridized carbons (Fsp3) is 0.333. The van der Waals surface area contributed by atoms with Gasteiger partial charge in [0.1, 0.15) is 23.8 Å². The van der Waals surface area contributed by atoms with Crippen LogP contribution in [0, 0.1) is 6.92 Å². The van der Waals surface area contributed by atoms with Crippen LogP contribution in [0.3, 0.4) is 0 Å². The Morgan fingerprint density at radius 1 is 1.23 bits per heavy atom. The Morgan fingerprint density at radius 3 is 2.50 bits per heavy atom. The van der Waals surface area contributed by atoms with Gasteiger partial charge < -0.3 is 25.5 Å². The van der Waals surface area contributed by atoms with Crippen molar-refractivity contribution in [3.05, 3.63) is 47.9 Å². The molecule has 0 saturated heterocycles. The first-order valence-corrected chi connectivity index (χ1v) is 8.18. The fourth-order valence-corrected chi connectivity index (χ4v) is 2.18. The maximum absolute atomic E-state index is 12.0. The number of phenolic OH excluding ortho intramolecular Hbond substituents is 1. The fourth-order valence-electron chi connectivity index (χ4n) is 2.18. The molecule has 8 heteroatoms. The molecule has 0 bridgehead atoms. The number of rotatable bonds is 6. The van der Waals surface area contributed by atoms with Crippen LogP contribution in [0.2, 0.25) is 0 Å². The predicted molar refractivity (Wildman–Crippen MR) is 113 cm³/mol. The van der Waals surface area contributed by atoms with Gasteiger partial charge in [-0.1, -0.05) is 0 Å². The Kier molecular flexibility index (Phi) is 8.97. The molecular formula is C18H25IN4O3. The van der Waals surface area contributed by atoms with E-state index in [9.17, 15) is 9.90 Å². The van der Waals surface area contributed by atoms with Crippen molar-refractivity contribution in [1.29, 1.82) is 0 Å². The first kappa shape index (κ1) is 21.8. The summed E-state index contributed by atoms with van der Waals surface area (Å²) >= 11 is 0. The van der Waals surface area contributed by atoms with E-state index in [0.717, 1.165) is 11.5 Å². The molecule has 0 aliphatic carbocycles. The van der Waals surface area contributed by atoms with E-state index >= 15 is 0 Å². The Balaban J connectivity index is 0.00000338. The number of carbonyl (C=O) groups is 1. The number of amides is 1. The first-order valence-electron chi connectivity index (χ1n) is 8.18. The molecule has 1 unspecified atom stereocenters. The van der Waals surface area contributed by atoms with Gasteiger partial charge in [0.15, 0.2) is 5.96 Å². The van der Waals surface area contributed by atoms with Crippen LogP contribution < -0.4 is 16.0 Å². The van der Waals surface area contributed by atoms with Crippen molar-refractivity contribution in [2.75, 3.05) is 18.4 Å². The molecular weight excluding hydrogens is 447 g/mol. The number of aliphatic imine (C=N–C) groups is 1. The number of hydrogen-bond donors (Lipinski definition) is 4. The van der Waals surface area contributed by atoms with E-state index in [2.05, 4.69) is 20.9 Å². The van der Waals surface area contributed by atoms with Gasteiger partial charge in [0.05, 0.1) is 6.04 Å². The molecule has 1 atom stereocenters. The monoisotopic (exact) mass is 472 g/mol. The summed E-state index contributed by atoms with van der Waals surface area (Å²) in [6.07, 6.45) is 0. The van der Waals surface area contributed by atoms with Crippen LogP contribution in [0.15, 0.2) is 45.8 Å². The molecule has 7 nitrogen and oxygen atoms in total. The average molecular weight is 472 g/mol.